The highest BCUT2D eigenvalue weighted by molar-refractivity contribution is 5.97. The molecule has 0 radical (unpaired) electrons. The summed E-state index contributed by atoms with van der Waals surface area (Å²) in [6.07, 6.45) is 1.75. The van der Waals surface area contributed by atoms with E-state index >= 15 is 0 Å². The fourth-order valence-corrected chi connectivity index (χ4v) is 2.87. The van der Waals surface area contributed by atoms with Gasteiger partial charge in [-0.15, -0.1) is 0 Å². The number of esters is 1. The molecule has 0 saturated carbocycles. The van der Waals surface area contributed by atoms with E-state index in [1.807, 2.05) is 25.1 Å². The molecule has 1 N–H and O–H groups in total. The smallest absolute Gasteiger partial charge is 0.310 e. The highest BCUT2D eigenvalue weighted by atomic mass is 16.5. The molecule has 0 aliphatic heterocycles. The molecule has 2 aromatic carbocycles. The van der Waals surface area contributed by atoms with Crippen molar-refractivity contribution in [2.75, 3.05) is 6.61 Å². The molecule has 0 bridgehead atoms. The van der Waals surface area contributed by atoms with Gasteiger partial charge >= 0.3 is 5.97 Å². The Bertz CT molecular complexity index is 793. The molecule has 0 unspecified atom stereocenters. The van der Waals surface area contributed by atoms with Crippen molar-refractivity contribution in [3.63, 3.8) is 0 Å². The summed E-state index contributed by atoms with van der Waals surface area (Å²) in [4.78, 5) is 23.2. The van der Waals surface area contributed by atoms with Gasteiger partial charge in [-0.2, -0.15) is 0 Å². The molecule has 5 nitrogen and oxygen atoms in total. The first-order chi connectivity index (χ1) is 13.0. The quantitative estimate of drug-likeness (QED) is 0.528. The van der Waals surface area contributed by atoms with Gasteiger partial charge in [-0.3, -0.25) is 9.59 Å². The number of carbonyl (C=O) groups excluding carboxylic acids is 2. The second-order valence-electron chi connectivity index (χ2n) is 6.32. The number of phenolic OH excluding ortho intramolecular Hbond substituents is 1. The number of hydrogen-bond acceptors (Lipinski definition) is 5. The Morgan fingerprint density at radius 1 is 1.04 bits per heavy atom. The summed E-state index contributed by atoms with van der Waals surface area (Å²) in [5, 5.41) is 10.4. The molecule has 0 fully saturated rings. The highest BCUT2D eigenvalue weighted by Gasteiger charge is 2.15. The van der Waals surface area contributed by atoms with Crippen LogP contribution in [0.2, 0.25) is 0 Å². The van der Waals surface area contributed by atoms with Crippen LogP contribution in [0.3, 0.4) is 0 Å². The van der Waals surface area contributed by atoms with Crippen LogP contribution in [0.4, 0.5) is 0 Å². The molecular weight excluding hydrogens is 344 g/mol. The number of ether oxygens (including phenoxy) is 2. The van der Waals surface area contributed by atoms with Gasteiger partial charge in [-0.25, -0.2) is 0 Å². The fourth-order valence-electron chi connectivity index (χ4n) is 2.87. The van der Waals surface area contributed by atoms with Crippen LogP contribution >= 0.6 is 0 Å². The standard InChI is InChI=1S/C22H26O5/c1-4-6-20-17(9-12-19(15(3)23)22(20)25)14-27-18-10-7-16(8-11-18)13-21(24)26-5-2/h7-12,25H,4-6,13-14H2,1-3H3. The van der Waals surface area contributed by atoms with Crippen molar-refractivity contribution in [2.24, 2.45) is 0 Å². The molecule has 0 amide bonds. The summed E-state index contributed by atoms with van der Waals surface area (Å²) in [7, 11) is 0. The van der Waals surface area contributed by atoms with E-state index < -0.39 is 0 Å². The number of phenols is 1. The summed E-state index contributed by atoms with van der Waals surface area (Å²) >= 11 is 0. The van der Waals surface area contributed by atoms with Crippen LogP contribution in [-0.4, -0.2) is 23.5 Å². The highest BCUT2D eigenvalue weighted by Crippen LogP contribution is 2.29. The molecular formula is C22H26O5. The van der Waals surface area contributed by atoms with E-state index in [0.29, 0.717) is 24.3 Å². The van der Waals surface area contributed by atoms with E-state index in [1.165, 1.54) is 6.92 Å². The van der Waals surface area contributed by atoms with Crippen LogP contribution in [0.25, 0.3) is 0 Å². The lowest BCUT2D eigenvalue weighted by Gasteiger charge is -2.14. The van der Waals surface area contributed by atoms with Crippen molar-refractivity contribution >= 4 is 11.8 Å². The maximum Gasteiger partial charge on any atom is 0.310 e. The summed E-state index contributed by atoms with van der Waals surface area (Å²) in [6, 6.07) is 10.7. The average Bonchev–Trinajstić information content (AvgIpc) is 2.63. The largest absolute Gasteiger partial charge is 0.507 e. The van der Waals surface area contributed by atoms with E-state index in [1.54, 1.807) is 25.1 Å². The average molecular weight is 370 g/mol. The van der Waals surface area contributed by atoms with E-state index in [-0.39, 0.29) is 30.5 Å². The molecule has 2 rings (SSSR count). The van der Waals surface area contributed by atoms with Gasteiger partial charge in [-0.05, 0) is 49.6 Å². The monoisotopic (exact) mass is 370 g/mol. The minimum absolute atomic E-state index is 0.0511. The lowest BCUT2D eigenvalue weighted by molar-refractivity contribution is -0.142. The first kappa shape index (κ1) is 20.5. The van der Waals surface area contributed by atoms with E-state index in [4.69, 9.17) is 9.47 Å². The van der Waals surface area contributed by atoms with Gasteiger partial charge < -0.3 is 14.6 Å². The number of benzene rings is 2. The third-order valence-corrected chi connectivity index (χ3v) is 4.23. The molecule has 144 valence electrons. The normalized spacial score (nSPS) is 10.5. The van der Waals surface area contributed by atoms with Gasteiger partial charge in [0, 0.05) is 5.56 Å². The lowest BCUT2D eigenvalue weighted by atomic mass is 9.97. The van der Waals surface area contributed by atoms with Crippen molar-refractivity contribution < 1.29 is 24.2 Å². The van der Waals surface area contributed by atoms with Gasteiger partial charge in [-0.1, -0.05) is 31.5 Å². The van der Waals surface area contributed by atoms with Crippen LogP contribution in [0.15, 0.2) is 36.4 Å². The molecule has 27 heavy (non-hydrogen) atoms. The van der Waals surface area contributed by atoms with Crippen LogP contribution < -0.4 is 4.74 Å². The minimum Gasteiger partial charge on any atom is -0.507 e. The van der Waals surface area contributed by atoms with Gasteiger partial charge in [0.25, 0.3) is 0 Å². The second kappa shape index (κ2) is 9.76. The lowest BCUT2D eigenvalue weighted by Crippen LogP contribution is -2.07. The molecule has 0 heterocycles. The number of aromatic hydroxyl groups is 1. The van der Waals surface area contributed by atoms with Gasteiger partial charge in [0.05, 0.1) is 18.6 Å². The van der Waals surface area contributed by atoms with Crippen molar-refractivity contribution in [1.29, 1.82) is 0 Å². The van der Waals surface area contributed by atoms with Crippen LogP contribution in [0.1, 0.15) is 54.2 Å². The van der Waals surface area contributed by atoms with E-state index in [9.17, 15) is 14.7 Å². The number of Topliss-reactive ketones (excluding diaryl/α,β-unsaturated/α-hetero) is 1. The zero-order valence-corrected chi connectivity index (χ0v) is 16.1. The summed E-state index contributed by atoms with van der Waals surface area (Å²) in [5.74, 6) is 0.307. The molecule has 0 aliphatic carbocycles. The third-order valence-electron chi connectivity index (χ3n) is 4.23. The van der Waals surface area contributed by atoms with Crippen LogP contribution in [-0.2, 0) is 29.0 Å². The van der Waals surface area contributed by atoms with Gasteiger partial charge in [0.2, 0.25) is 0 Å². The number of carbonyl (C=O) groups is 2. The fraction of sp³-hybridized carbons (Fsp3) is 0.364. The Morgan fingerprint density at radius 2 is 1.74 bits per heavy atom. The predicted octanol–water partition coefficient (Wildman–Crippen LogP) is 4.23. The molecule has 5 heteroatoms. The minimum atomic E-state index is -0.253. The first-order valence-corrected chi connectivity index (χ1v) is 9.18. The Labute approximate surface area is 159 Å². The molecule has 0 atom stereocenters. The predicted molar refractivity (Wildman–Crippen MR) is 103 cm³/mol. The molecule has 2 aromatic rings. The maximum absolute atomic E-state index is 11.6. The molecule has 0 aliphatic rings. The zero-order chi connectivity index (χ0) is 19.8. The SMILES string of the molecule is CCCc1c(COc2ccc(CC(=O)OCC)cc2)ccc(C(C)=O)c1O. The van der Waals surface area contributed by atoms with Gasteiger partial charge in [0.15, 0.2) is 5.78 Å². The Hall–Kier alpha value is -2.82. The van der Waals surface area contributed by atoms with Crippen LogP contribution in [0.5, 0.6) is 11.5 Å². The molecule has 0 spiro atoms. The second-order valence-corrected chi connectivity index (χ2v) is 6.32. The summed E-state index contributed by atoms with van der Waals surface area (Å²) in [6.45, 7) is 5.90. The first-order valence-electron chi connectivity index (χ1n) is 9.18. The Morgan fingerprint density at radius 3 is 2.33 bits per heavy atom. The summed E-state index contributed by atoms with van der Waals surface area (Å²) < 4.78 is 10.8. The van der Waals surface area contributed by atoms with Crippen molar-refractivity contribution in [3.8, 4) is 11.5 Å². The topological polar surface area (TPSA) is 72.8 Å². The Balaban J connectivity index is 2.08. The maximum atomic E-state index is 11.6. The van der Waals surface area contributed by atoms with Crippen molar-refractivity contribution in [3.05, 3.63) is 58.7 Å². The number of hydrogen-bond donors (Lipinski definition) is 1. The number of ketones is 1. The molecule has 0 saturated heterocycles. The van der Waals surface area contributed by atoms with E-state index in [0.717, 1.165) is 23.1 Å². The van der Waals surface area contributed by atoms with Gasteiger partial charge in [0.1, 0.15) is 18.1 Å². The van der Waals surface area contributed by atoms with Crippen molar-refractivity contribution in [1.82, 2.24) is 0 Å². The van der Waals surface area contributed by atoms with Crippen LogP contribution in [0, 0.1) is 0 Å². The summed E-state index contributed by atoms with van der Waals surface area (Å²) in [5.41, 5.74) is 2.81. The van der Waals surface area contributed by atoms with Crippen molar-refractivity contribution in [2.45, 2.75) is 46.6 Å². The zero-order valence-electron chi connectivity index (χ0n) is 16.1. The Kier molecular flexibility index (Phi) is 7.41. The number of rotatable bonds is 9. The third kappa shape index (κ3) is 5.58. The molecule has 0 aromatic heterocycles. The van der Waals surface area contributed by atoms with E-state index in [2.05, 4.69) is 0 Å².